The summed E-state index contributed by atoms with van der Waals surface area (Å²) < 4.78 is 0. The highest BCUT2D eigenvalue weighted by Gasteiger charge is 2.12. The van der Waals surface area contributed by atoms with Gasteiger partial charge in [0.05, 0.1) is 16.7 Å². The molecule has 0 fully saturated rings. The number of aromatic hydroxyl groups is 1. The summed E-state index contributed by atoms with van der Waals surface area (Å²) >= 11 is 0. The highest BCUT2D eigenvalue weighted by Crippen LogP contribution is 2.27. The second kappa shape index (κ2) is 5.91. The number of aryl methyl sites for hydroxylation is 1. The molecule has 108 valence electrons. The Balaban J connectivity index is 2.06. The van der Waals surface area contributed by atoms with Gasteiger partial charge < -0.3 is 15.7 Å². The Kier molecular flexibility index (Phi) is 4.03. The van der Waals surface area contributed by atoms with Crippen molar-refractivity contribution in [2.24, 2.45) is 0 Å². The molecular weight excluding hydrogens is 274 g/mol. The number of nitrogens with zero attached hydrogens (tertiary/aromatic N) is 1. The van der Waals surface area contributed by atoms with Crippen LogP contribution in [0.1, 0.15) is 5.56 Å². The molecular formula is C14H13N3O4. The SMILES string of the molecule is Cc1ccc(NC(=O)Nc2ccc([N+](=O)[O-])cc2O)cc1. The number of nitro groups is 1. The second-order valence-corrected chi connectivity index (χ2v) is 4.40. The van der Waals surface area contributed by atoms with Gasteiger partial charge in [0.15, 0.2) is 0 Å². The predicted molar refractivity (Wildman–Crippen MR) is 78.6 cm³/mol. The van der Waals surface area contributed by atoms with Gasteiger partial charge in [-0.1, -0.05) is 17.7 Å². The zero-order chi connectivity index (χ0) is 15.4. The van der Waals surface area contributed by atoms with Crippen LogP contribution in [-0.2, 0) is 0 Å². The van der Waals surface area contributed by atoms with E-state index in [4.69, 9.17) is 0 Å². The molecule has 0 saturated heterocycles. The van der Waals surface area contributed by atoms with Crippen LogP contribution in [0.5, 0.6) is 5.75 Å². The van der Waals surface area contributed by atoms with Crippen molar-refractivity contribution < 1.29 is 14.8 Å². The van der Waals surface area contributed by atoms with Crippen molar-refractivity contribution in [3.8, 4) is 5.75 Å². The zero-order valence-electron chi connectivity index (χ0n) is 11.2. The van der Waals surface area contributed by atoms with Gasteiger partial charge in [0.25, 0.3) is 5.69 Å². The maximum absolute atomic E-state index is 11.8. The van der Waals surface area contributed by atoms with Crippen molar-refractivity contribution >= 4 is 23.1 Å². The predicted octanol–water partition coefficient (Wildman–Crippen LogP) is 3.25. The first-order chi connectivity index (χ1) is 9.95. The summed E-state index contributed by atoms with van der Waals surface area (Å²) in [6, 6.07) is 10.1. The van der Waals surface area contributed by atoms with Gasteiger partial charge >= 0.3 is 6.03 Å². The first-order valence-corrected chi connectivity index (χ1v) is 6.08. The highest BCUT2D eigenvalue weighted by molar-refractivity contribution is 6.00. The van der Waals surface area contributed by atoms with Crippen LogP contribution in [0, 0.1) is 17.0 Å². The largest absolute Gasteiger partial charge is 0.506 e. The number of benzene rings is 2. The molecule has 0 aliphatic rings. The number of hydrogen-bond acceptors (Lipinski definition) is 4. The summed E-state index contributed by atoms with van der Waals surface area (Å²) in [4.78, 5) is 21.7. The van der Waals surface area contributed by atoms with Gasteiger partial charge in [0.2, 0.25) is 0 Å². The molecule has 2 amide bonds. The normalized spacial score (nSPS) is 9.95. The lowest BCUT2D eigenvalue weighted by Gasteiger charge is -2.09. The minimum absolute atomic E-state index is 0.0882. The van der Waals surface area contributed by atoms with E-state index in [0.717, 1.165) is 11.6 Å². The lowest BCUT2D eigenvalue weighted by Crippen LogP contribution is -2.19. The van der Waals surface area contributed by atoms with Crippen LogP contribution in [0.3, 0.4) is 0 Å². The van der Waals surface area contributed by atoms with Gasteiger partial charge in [-0.2, -0.15) is 0 Å². The number of carbonyl (C=O) groups is 1. The van der Waals surface area contributed by atoms with Gasteiger partial charge in [-0.3, -0.25) is 10.1 Å². The molecule has 0 saturated carbocycles. The lowest BCUT2D eigenvalue weighted by molar-refractivity contribution is -0.384. The maximum atomic E-state index is 11.8. The van der Waals surface area contributed by atoms with E-state index in [2.05, 4.69) is 10.6 Å². The number of hydrogen-bond donors (Lipinski definition) is 3. The summed E-state index contributed by atoms with van der Waals surface area (Å²) in [5.41, 5.74) is 1.50. The Hall–Kier alpha value is -3.09. The molecule has 0 aliphatic heterocycles. The lowest BCUT2D eigenvalue weighted by atomic mass is 10.2. The third kappa shape index (κ3) is 3.69. The van der Waals surface area contributed by atoms with Gasteiger partial charge in [-0.05, 0) is 25.1 Å². The minimum Gasteiger partial charge on any atom is -0.506 e. The summed E-state index contributed by atoms with van der Waals surface area (Å²) in [6.45, 7) is 1.93. The van der Waals surface area contributed by atoms with E-state index in [9.17, 15) is 20.0 Å². The van der Waals surface area contributed by atoms with Gasteiger partial charge in [0.1, 0.15) is 5.75 Å². The Morgan fingerprint density at radius 2 is 1.81 bits per heavy atom. The topological polar surface area (TPSA) is 104 Å². The third-order valence-electron chi connectivity index (χ3n) is 2.75. The van der Waals surface area contributed by atoms with E-state index >= 15 is 0 Å². The molecule has 3 N–H and O–H groups in total. The van der Waals surface area contributed by atoms with Crippen LogP contribution in [0.4, 0.5) is 21.9 Å². The summed E-state index contributed by atoms with van der Waals surface area (Å²) in [5.74, 6) is -0.372. The summed E-state index contributed by atoms with van der Waals surface area (Å²) in [7, 11) is 0. The minimum atomic E-state index is -0.629. The number of rotatable bonds is 3. The molecule has 0 aliphatic carbocycles. The van der Waals surface area contributed by atoms with Gasteiger partial charge in [-0.25, -0.2) is 4.79 Å². The van der Waals surface area contributed by atoms with Crippen molar-refractivity contribution in [3.05, 3.63) is 58.1 Å². The fraction of sp³-hybridized carbons (Fsp3) is 0.0714. The average Bonchev–Trinajstić information content (AvgIpc) is 2.43. The quantitative estimate of drug-likeness (QED) is 0.457. The van der Waals surface area contributed by atoms with Gasteiger partial charge in [-0.15, -0.1) is 0 Å². The number of non-ortho nitro benzene ring substituents is 1. The number of nitrogens with one attached hydrogen (secondary N) is 2. The summed E-state index contributed by atoms with van der Waals surface area (Å²) in [6.07, 6.45) is 0. The highest BCUT2D eigenvalue weighted by atomic mass is 16.6. The Morgan fingerprint density at radius 3 is 2.38 bits per heavy atom. The van der Waals surface area contributed by atoms with E-state index < -0.39 is 11.0 Å². The Labute approximate surface area is 120 Å². The van der Waals surface area contributed by atoms with E-state index in [1.165, 1.54) is 12.1 Å². The van der Waals surface area contributed by atoms with Crippen molar-refractivity contribution in [2.45, 2.75) is 6.92 Å². The molecule has 7 nitrogen and oxygen atoms in total. The molecule has 0 bridgehead atoms. The smallest absolute Gasteiger partial charge is 0.323 e. The Morgan fingerprint density at radius 1 is 1.14 bits per heavy atom. The number of amides is 2. The average molecular weight is 287 g/mol. The number of anilines is 2. The molecule has 21 heavy (non-hydrogen) atoms. The molecule has 2 aromatic carbocycles. The van der Waals surface area contributed by atoms with Crippen molar-refractivity contribution in [3.63, 3.8) is 0 Å². The van der Waals surface area contributed by atoms with E-state index in [0.29, 0.717) is 5.69 Å². The first kappa shape index (κ1) is 14.3. The van der Waals surface area contributed by atoms with Gasteiger partial charge in [0, 0.05) is 11.8 Å². The number of phenolic OH excluding ortho intramolecular Hbond substituents is 1. The molecule has 2 rings (SSSR count). The molecule has 0 radical (unpaired) electrons. The maximum Gasteiger partial charge on any atom is 0.323 e. The van der Waals surface area contributed by atoms with E-state index in [1.54, 1.807) is 12.1 Å². The third-order valence-corrected chi connectivity index (χ3v) is 2.75. The molecule has 0 unspecified atom stereocenters. The zero-order valence-corrected chi connectivity index (χ0v) is 11.2. The van der Waals surface area contributed by atoms with E-state index in [1.807, 2.05) is 19.1 Å². The molecule has 7 heteroatoms. The van der Waals surface area contributed by atoms with Crippen LogP contribution in [0.2, 0.25) is 0 Å². The number of phenols is 1. The second-order valence-electron chi connectivity index (χ2n) is 4.40. The monoisotopic (exact) mass is 287 g/mol. The number of urea groups is 1. The molecule has 0 aromatic heterocycles. The molecule has 0 atom stereocenters. The first-order valence-electron chi connectivity index (χ1n) is 6.08. The standard InChI is InChI=1S/C14H13N3O4/c1-9-2-4-10(5-3-9)15-14(19)16-12-7-6-11(17(20)21)8-13(12)18/h2-8,18H,1H3,(H2,15,16,19). The van der Waals surface area contributed by atoms with Crippen LogP contribution < -0.4 is 10.6 Å². The Bertz CT molecular complexity index is 683. The van der Waals surface area contributed by atoms with Crippen LogP contribution in [-0.4, -0.2) is 16.1 Å². The molecule has 0 heterocycles. The number of nitro benzene ring substituents is 1. The van der Waals surface area contributed by atoms with Crippen molar-refractivity contribution in [1.82, 2.24) is 0 Å². The fourth-order valence-corrected chi connectivity index (χ4v) is 1.66. The summed E-state index contributed by atoms with van der Waals surface area (Å²) in [5, 5.41) is 25.2. The van der Waals surface area contributed by atoms with E-state index in [-0.39, 0.29) is 17.1 Å². The number of carbonyl (C=O) groups excluding carboxylic acids is 1. The van der Waals surface area contributed by atoms with Crippen LogP contribution in [0.25, 0.3) is 0 Å². The molecule has 2 aromatic rings. The van der Waals surface area contributed by atoms with Crippen molar-refractivity contribution in [2.75, 3.05) is 10.6 Å². The fourth-order valence-electron chi connectivity index (χ4n) is 1.66. The van der Waals surface area contributed by atoms with Crippen LogP contribution in [0.15, 0.2) is 42.5 Å². The van der Waals surface area contributed by atoms with Crippen LogP contribution >= 0.6 is 0 Å². The van der Waals surface area contributed by atoms with Crippen molar-refractivity contribution in [1.29, 1.82) is 0 Å². The molecule has 0 spiro atoms.